The van der Waals surface area contributed by atoms with E-state index in [1.165, 1.54) is 6.07 Å². The molecule has 1 aliphatic carbocycles. The molecule has 1 saturated carbocycles. The van der Waals surface area contributed by atoms with Crippen molar-refractivity contribution < 1.29 is 27.7 Å². The van der Waals surface area contributed by atoms with Gasteiger partial charge in [-0.2, -0.15) is 4.98 Å². The van der Waals surface area contributed by atoms with Crippen LogP contribution in [0.4, 0.5) is 25.3 Å². The Morgan fingerprint density at radius 3 is 2.59 bits per heavy atom. The standard InChI is InChI=1S/C27H38F2N6O4/c1-4-37-14-11-30-26(36)31-24-16-22(28)21(15-23(24)29)18-5-7-19(8-6-18)33-38-20-9-12-35(13-10-20)27-32-25(17(2)3)34-39-27/h15-18,20H,4-14H2,1-3H3,(H2,30,31,36). The van der Waals surface area contributed by atoms with Crippen molar-refractivity contribution in [3.63, 3.8) is 0 Å². The van der Waals surface area contributed by atoms with E-state index in [-0.39, 0.29) is 30.2 Å². The Kier molecular flexibility index (Phi) is 10.1. The van der Waals surface area contributed by atoms with Gasteiger partial charge in [-0.1, -0.05) is 24.2 Å². The zero-order valence-corrected chi connectivity index (χ0v) is 22.8. The molecule has 1 aromatic heterocycles. The third-order valence-electron chi connectivity index (χ3n) is 7.06. The fourth-order valence-corrected chi connectivity index (χ4v) is 4.76. The molecule has 0 spiro atoms. The lowest BCUT2D eigenvalue weighted by Crippen LogP contribution is -2.36. The number of ether oxygens (including phenoxy) is 1. The monoisotopic (exact) mass is 548 g/mol. The highest BCUT2D eigenvalue weighted by molar-refractivity contribution is 5.89. The molecule has 0 radical (unpaired) electrons. The minimum absolute atomic E-state index is 0.0157. The summed E-state index contributed by atoms with van der Waals surface area (Å²) in [7, 11) is 0. The van der Waals surface area contributed by atoms with E-state index >= 15 is 0 Å². The van der Waals surface area contributed by atoms with Crippen LogP contribution in [-0.2, 0) is 9.57 Å². The van der Waals surface area contributed by atoms with Crippen LogP contribution in [0.15, 0.2) is 21.8 Å². The summed E-state index contributed by atoms with van der Waals surface area (Å²) in [6.45, 7) is 8.56. The molecular weight excluding hydrogens is 510 g/mol. The Morgan fingerprint density at radius 1 is 1.18 bits per heavy atom. The summed E-state index contributed by atoms with van der Waals surface area (Å²) in [4.78, 5) is 24.3. The number of nitrogens with one attached hydrogen (secondary N) is 2. The number of carbonyl (C=O) groups excluding carboxylic acids is 1. The number of anilines is 2. The van der Waals surface area contributed by atoms with Crippen molar-refractivity contribution in [2.45, 2.75) is 77.2 Å². The fraction of sp³-hybridized carbons (Fsp3) is 0.630. The van der Waals surface area contributed by atoms with Crippen LogP contribution in [0.3, 0.4) is 0 Å². The number of carbonyl (C=O) groups is 1. The smallest absolute Gasteiger partial charge is 0.324 e. The molecule has 4 rings (SSSR count). The van der Waals surface area contributed by atoms with Crippen LogP contribution in [0.1, 0.15) is 82.5 Å². The topological polar surface area (TPSA) is 114 Å². The van der Waals surface area contributed by atoms with Gasteiger partial charge in [-0.3, -0.25) is 0 Å². The number of hydrogen-bond acceptors (Lipinski definition) is 8. The van der Waals surface area contributed by atoms with Crippen LogP contribution in [-0.4, -0.2) is 60.8 Å². The van der Waals surface area contributed by atoms with E-state index in [1.807, 2.05) is 20.8 Å². The van der Waals surface area contributed by atoms with Crippen molar-refractivity contribution >= 4 is 23.4 Å². The van der Waals surface area contributed by atoms with E-state index in [9.17, 15) is 13.6 Å². The lowest BCUT2D eigenvalue weighted by Gasteiger charge is -2.29. The molecule has 12 heteroatoms. The average molecular weight is 549 g/mol. The molecule has 1 aromatic carbocycles. The van der Waals surface area contributed by atoms with Gasteiger partial charge < -0.3 is 29.6 Å². The first-order valence-electron chi connectivity index (χ1n) is 13.8. The molecule has 1 saturated heterocycles. The molecule has 2 heterocycles. The second kappa shape index (κ2) is 13.7. The van der Waals surface area contributed by atoms with Crippen molar-refractivity contribution in [3.05, 3.63) is 35.2 Å². The predicted octanol–water partition coefficient (Wildman–Crippen LogP) is 5.33. The zero-order valence-electron chi connectivity index (χ0n) is 22.8. The molecule has 2 N–H and O–H groups in total. The normalized spacial score (nSPS) is 18.4. The third-order valence-corrected chi connectivity index (χ3v) is 7.06. The molecular formula is C27H38F2N6O4. The van der Waals surface area contributed by atoms with Gasteiger partial charge in [0.25, 0.3) is 0 Å². The minimum Gasteiger partial charge on any atom is -0.392 e. The number of nitrogens with zero attached hydrogens (tertiary/aromatic N) is 4. The van der Waals surface area contributed by atoms with E-state index in [0.29, 0.717) is 56.3 Å². The van der Waals surface area contributed by atoms with Gasteiger partial charge >= 0.3 is 12.0 Å². The van der Waals surface area contributed by atoms with Crippen LogP contribution in [0, 0.1) is 11.6 Å². The molecule has 2 amide bonds. The van der Waals surface area contributed by atoms with Gasteiger partial charge in [0.2, 0.25) is 0 Å². The largest absolute Gasteiger partial charge is 0.392 e. The molecule has 2 fully saturated rings. The maximum absolute atomic E-state index is 14.9. The zero-order chi connectivity index (χ0) is 27.8. The Hall–Kier alpha value is -3.28. The number of halogens is 2. The molecule has 0 atom stereocenters. The van der Waals surface area contributed by atoms with Crippen molar-refractivity contribution in [2.24, 2.45) is 5.16 Å². The molecule has 2 aromatic rings. The Bertz CT molecular complexity index is 1120. The number of rotatable bonds is 10. The Morgan fingerprint density at radius 2 is 1.92 bits per heavy atom. The Balaban J connectivity index is 1.22. The second-order valence-electron chi connectivity index (χ2n) is 10.2. The molecule has 0 unspecified atom stereocenters. The molecule has 10 nitrogen and oxygen atoms in total. The lowest BCUT2D eigenvalue weighted by molar-refractivity contribution is 0.0401. The first kappa shape index (κ1) is 28.7. The molecule has 2 aliphatic rings. The second-order valence-corrected chi connectivity index (χ2v) is 10.2. The highest BCUT2D eigenvalue weighted by Crippen LogP contribution is 2.35. The van der Waals surface area contributed by atoms with Crippen molar-refractivity contribution in [1.82, 2.24) is 15.5 Å². The van der Waals surface area contributed by atoms with Gasteiger partial charge in [0, 0.05) is 51.1 Å². The minimum atomic E-state index is -0.665. The maximum atomic E-state index is 14.9. The van der Waals surface area contributed by atoms with Crippen molar-refractivity contribution in [3.8, 4) is 0 Å². The van der Waals surface area contributed by atoms with Gasteiger partial charge in [-0.15, -0.1) is 0 Å². The first-order valence-corrected chi connectivity index (χ1v) is 13.8. The van der Waals surface area contributed by atoms with E-state index in [1.54, 1.807) is 0 Å². The van der Waals surface area contributed by atoms with Crippen LogP contribution in [0.2, 0.25) is 0 Å². The highest BCUT2D eigenvalue weighted by Gasteiger charge is 2.27. The summed E-state index contributed by atoms with van der Waals surface area (Å²) < 4.78 is 40.1. The van der Waals surface area contributed by atoms with Crippen molar-refractivity contribution in [2.75, 3.05) is 43.1 Å². The molecule has 214 valence electrons. The number of piperidine rings is 1. The predicted molar refractivity (Wildman–Crippen MR) is 143 cm³/mol. The SMILES string of the molecule is CCOCCNC(=O)Nc1cc(F)c(C2CCC(=NOC3CCN(c4nc(C(C)C)no4)CC3)CC2)cc1F. The first-order chi connectivity index (χ1) is 18.8. The van der Waals surface area contributed by atoms with Crippen LogP contribution >= 0.6 is 0 Å². The number of urea groups is 1. The molecule has 0 bridgehead atoms. The average Bonchev–Trinajstić information content (AvgIpc) is 3.43. The quantitative estimate of drug-likeness (QED) is 0.305. The van der Waals surface area contributed by atoms with Crippen LogP contribution in [0.5, 0.6) is 0 Å². The summed E-state index contributed by atoms with van der Waals surface area (Å²) in [6, 6.07) is 2.18. The summed E-state index contributed by atoms with van der Waals surface area (Å²) in [6.07, 6.45) is 4.23. The molecule has 39 heavy (non-hydrogen) atoms. The lowest BCUT2D eigenvalue weighted by atomic mass is 9.83. The maximum Gasteiger partial charge on any atom is 0.324 e. The summed E-state index contributed by atoms with van der Waals surface area (Å²) in [5, 5.41) is 13.3. The highest BCUT2D eigenvalue weighted by atomic mass is 19.1. The fourth-order valence-electron chi connectivity index (χ4n) is 4.76. The van der Waals surface area contributed by atoms with E-state index in [4.69, 9.17) is 14.1 Å². The van der Waals surface area contributed by atoms with Crippen LogP contribution in [0.25, 0.3) is 0 Å². The van der Waals surface area contributed by atoms with Gasteiger partial charge in [0.1, 0.15) is 17.7 Å². The van der Waals surface area contributed by atoms with Gasteiger partial charge in [-0.05, 0) is 50.2 Å². The van der Waals surface area contributed by atoms with Crippen LogP contribution < -0.4 is 15.5 Å². The number of amides is 2. The summed E-state index contributed by atoms with van der Waals surface area (Å²) >= 11 is 0. The number of benzene rings is 1. The van der Waals surface area contributed by atoms with Gasteiger partial charge in [0.05, 0.1) is 18.0 Å². The Labute approximate surface area is 227 Å². The van der Waals surface area contributed by atoms with Gasteiger partial charge in [0.15, 0.2) is 5.82 Å². The number of oxime groups is 1. The summed E-state index contributed by atoms with van der Waals surface area (Å²) in [5.74, 6) is -0.397. The number of hydrogen-bond donors (Lipinski definition) is 2. The van der Waals surface area contributed by atoms with Crippen molar-refractivity contribution in [1.29, 1.82) is 0 Å². The van der Waals surface area contributed by atoms with E-state index in [0.717, 1.165) is 37.7 Å². The van der Waals surface area contributed by atoms with Gasteiger partial charge in [-0.25, -0.2) is 13.6 Å². The molecule has 1 aliphatic heterocycles. The van der Waals surface area contributed by atoms with E-state index < -0.39 is 17.7 Å². The number of aromatic nitrogens is 2. The van der Waals surface area contributed by atoms with E-state index in [2.05, 4.69) is 30.8 Å². The third kappa shape index (κ3) is 7.87. The summed E-state index contributed by atoms with van der Waals surface area (Å²) in [5.41, 5.74) is 1.07.